The Balaban J connectivity index is 3.35. The number of hydrogen-bond acceptors (Lipinski definition) is 4. The molecule has 5 heteroatoms. The summed E-state index contributed by atoms with van der Waals surface area (Å²) < 4.78 is 10.1. The van der Waals surface area contributed by atoms with E-state index in [1.807, 2.05) is 0 Å². The third-order valence-corrected chi connectivity index (χ3v) is 2.08. The van der Waals surface area contributed by atoms with Crippen LogP contribution in [0.1, 0.15) is 20.3 Å². The average Bonchev–Trinajstić information content (AvgIpc) is 2.16. The van der Waals surface area contributed by atoms with Crippen LogP contribution in [0.15, 0.2) is 0 Å². The van der Waals surface area contributed by atoms with Gasteiger partial charge in [0.1, 0.15) is 0 Å². The highest BCUT2D eigenvalue weighted by Crippen LogP contribution is 1.99. The van der Waals surface area contributed by atoms with E-state index < -0.39 is 5.54 Å². The Bertz CT molecular complexity index is 184. The van der Waals surface area contributed by atoms with E-state index in [1.54, 1.807) is 21.0 Å². The molecule has 0 aromatic rings. The van der Waals surface area contributed by atoms with Gasteiger partial charge in [-0.2, -0.15) is 0 Å². The molecule has 3 N–H and O–H groups in total. The highest BCUT2D eigenvalue weighted by atomic mass is 16.5. The van der Waals surface area contributed by atoms with Crippen molar-refractivity contribution in [2.45, 2.75) is 25.8 Å². The van der Waals surface area contributed by atoms with Gasteiger partial charge in [-0.05, 0) is 26.8 Å². The zero-order valence-electron chi connectivity index (χ0n) is 9.84. The van der Waals surface area contributed by atoms with Gasteiger partial charge in [0.2, 0.25) is 5.91 Å². The lowest BCUT2D eigenvalue weighted by molar-refractivity contribution is -0.123. The van der Waals surface area contributed by atoms with Gasteiger partial charge in [-0.1, -0.05) is 0 Å². The molecule has 0 aromatic carbocycles. The van der Waals surface area contributed by atoms with Crippen LogP contribution in [-0.2, 0) is 14.3 Å². The van der Waals surface area contributed by atoms with Gasteiger partial charge < -0.3 is 20.5 Å². The molecule has 0 fully saturated rings. The number of ether oxygens (including phenoxy) is 2. The molecule has 0 aromatic heterocycles. The second-order valence-electron chi connectivity index (χ2n) is 3.87. The van der Waals surface area contributed by atoms with Crippen LogP contribution in [0.3, 0.4) is 0 Å². The third-order valence-electron chi connectivity index (χ3n) is 2.08. The number of nitrogens with one attached hydrogen (secondary N) is 1. The molecule has 0 saturated heterocycles. The molecule has 0 aliphatic heterocycles. The van der Waals surface area contributed by atoms with Crippen LogP contribution in [0, 0.1) is 0 Å². The first kappa shape index (κ1) is 14.3. The molecule has 15 heavy (non-hydrogen) atoms. The van der Waals surface area contributed by atoms with Crippen molar-refractivity contribution in [3.8, 4) is 0 Å². The van der Waals surface area contributed by atoms with Gasteiger partial charge in [0.25, 0.3) is 0 Å². The quantitative estimate of drug-likeness (QED) is 0.530. The molecule has 0 aliphatic carbocycles. The van der Waals surface area contributed by atoms with Crippen LogP contribution in [0.5, 0.6) is 0 Å². The van der Waals surface area contributed by atoms with E-state index in [9.17, 15) is 4.79 Å². The standard InChI is InChI=1S/C10H22N2O3/c1-10(2,9(11)13)12-5-4-6-15-8-7-14-3/h12H,4-8H2,1-3H3,(H2,11,13). The molecule has 90 valence electrons. The summed E-state index contributed by atoms with van der Waals surface area (Å²) >= 11 is 0. The van der Waals surface area contributed by atoms with Crippen molar-refractivity contribution < 1.29 is 14.3 Å². The number of methoxy groups -OCH3 is 1. The maximum Gasteiger partial charge on any atom is 0.237 e. The minimum absolute atomic E-state index is 0.345. The maximum atomic E-state index is 10.9. The Morgan fingerprint density at radius 1 is 1.33 bits per heavy atom. The maximum absolute atomic E-state index is 10.9. The molecule has 0 radical (unpaired) electrons. The Kier molecular flexibility index (Phi) is 7.29. The first-order valence-electron chi connectivity index (χ1n) is 5.12. The molecule has 5 nitrogen and oxygen atoms in total. The molecule has 0 spiro atoms. The lowest BCUT2D eigenvalue weighted by atomic mass is 10.1. The third kappa shape index (κ3) is 7.30. The number of primary amides is 1. The van der Waals surface area contributed by atoms with Crippen LogP contribution >= 0.6 is 0 Å². The van der Waals surface area contributed by atoms with E-state index in [4.69, 9.17) is 15.2 Å². The highest BCUT2D eigenvalue weighted by Gasteiger charge is 2.22. The SMILES string of the molecule is COCCOCCCNC(C)(C)C(N)=O. The van der Waals surface area contributed by atoms with Crippen molar-refractivity contribution >= 4 is 5.91 Å². The summed E-state index contributed by atoms with van der Waals surface area (Å²) in [7, 11) is 1.64. The van der Waals surface area contributed by atoms with Gasteiger partial charge in [-0.3, -0.25) is 4.79 Å². The van der Waals surface area contributed by atoms with E-state index in [0.29, 0.717) is 26.4 Å². The number of nitrogens with two attached hydrogens (primary N) is 1. The molecule has 1 amide bonds. The molecule has 0 unspecified atom stereocenters. The summed E-state index contributed by atoms with van der Waals surface area (Å²) in [5, 5.41) is 3.06. The largest absolute Gasteiger partial charge is 0.382 e. The van der Waals surface area contributed by atoms with E-state index in [1.165, 1.54) is 0 Å². The highest BCUT2D eigenvalue weighted by molar-refractivity contribution is 5.83. The number of carbonyl (C=O) groups is 1. The van der Waals surface area contributed by atoms with Gasteiger partial charge in [-0.25, -0.2) is 0 Å². The van der Waals surface area contributed by atoms with Gasteiger partial charge in [0, 0.05) is 13.7 Å². The molecule has 0 rings (SSSR count). The predicted octanol–water partition coefficient (Wildman–Crippen LogP) is -0.107. The summed E-state index contributed by atoms with van der Waals surface area (Å²) in [6.45, 7) is 6.12. The van der Waals surface area contributed by atoms with Crippen molar-refractivity contribution in [2.75, 3.05) is 33.5 Å². The fourth-order valence-electron chi connectivity index (χ4n) is 0.907. The molecule has 0 saturated carbocycles. The Morgan fingerprint density at radius 3 is 2.53 bits per heavy atom. The summed E-state index contributed by atoms with van der Waals surface area (Å²) in [4.78, 5) is 10.9. The number of hydrogen-bond donors (Lipinski definition) is 2. The van der Waals surface area contributed by atoms with Crippen LogP contribution < -0.4 is 11.1 Å². The second kappa shape index (κ2) is 7.62. The lowest BCUT2D eigenvalue weighted by Gasteiger charge is -2.22. The second-order valence-corrected chi connectivity index (χ2v) is 3.87. The van der Waals surface area contributed by atoms with Gasteiger partial charge >= 0.3 is 0 Å². The number of carbonyl (C=O) groups excluding carboxylic acids is 1. The monoisotopic (exact) mass is 218 g/mol. The van der Waals surface area contributed by atoms with E-state index >= 15 is 0 Å². The van der Waals surface area contributed by atoms with Crippen molar-refractivity contribution in [3.05, 3.63) is 0 Å². The molecule has 0 atom stereocenters. The normalized spacial score (nSPS) is 11.7. The molecule has 0 heterocycles. The zero-order valence-corrected chi connectivity index (χ0v) is 9.84. The average molecular weight is 218 g/mol. The van der Waals surface area contributed by atoms with Crippen molar-refractivity contribution in [3.63, 3.8) is 0 Å². The predicted molar refractivity (Wildman–Crippen MR) is 58.6 cm³/mol. The fraction of sp³-hybridized carbons (Fsp3) is 0.900. The molecular weight excluding hydrogens is 196 g/mol. The first-order valence-corrected chi connectivity index (χ1v) is 5.12. The van der Waals surface area contributed by atoms with Crippen molar-refractivity contribution in [1.29, 1.82) is 0 Å². The van der Waals surface area contributed by atoms with Gasteiger partial charge in [-0.15, -0.1) is 0 Å². The zero-order chi connectivity index (χ0) is 11.7. The Morgan fingerprint density at radius 2 is 2.00 bits per heavy atom. The van der Waals surface area contributed by atoms with E-state index in [0.717, 1.165) is 6.42 Å². The summed E-state index contributed by atoms with van der Waals surface area (Å²) in [6, 6.07) is 0. The Labute approximate surface area is 91.3 Å². The minimum atomic E-state index is -0.646. The number of amides is 1. The minimum Gasteiger partial charge on any atom is -0.382 e. The molecule has 0 aliphatic rings. The summed E-state index contributed by atoms with van der Waals surface area (Å²) in [5.74, 6) is -0.345. The van der Waals surface area contributed by atoms with Crippen LogP contribution in [0.2, 0.25) is 0 Å². The fourth-order valence-corrected chi connectivity index (χ4v) is 0.907. The van der Waals surface area contributed by atoms with Crippen LogP contribution in [0.25, 0.3) is 0 Å². The Hall–Kier alpha value is -0.650. The molecular formula is C10H22N2O3. The first-order chi connectivity index (χ1) is 7.00. The molecule has 0 bridgehead atoms. The summed E-state index contributed by atoms with van der Waals surface area (Å²) in [5.41, 5.74) is 4.56. The number of rotatable bonds is 9. The van der Waals surface area contributed by atoms with E-state index in [2.05, 4.69) is 5.32 Å². The van der Waals surface area contributed by atoms with E-state index in [-0.39, 0.29) is 5.91 Å². The smallest absolute Gasteiger partial charge is 0.237 e. The van der Waals surface area contributed by atoms with Crippen LogP contribution in [-0.4, -0.2) is 44.9 Å². The van der Waals surface area contributed by atoms with Gasteiger partial charge in [0.05, 0.1) is 18.8 Å². The van der Waals surface area contributed by atoms with Gasteiger partial charge in [0.15, 0.2) is 0 Å². The van der Waals surface area contributed by atoms with Crippen LogP contribution in [0.4, 0.5) is 0 Å². The lowest BCUT2D eigenvalue weighted by Crippen LogP contribution is -2.50. The van der Waals surface area contributed by atoms with Crippen molar-refractivity contribution in [1.82, 2.24) is 5.32 Å². The topological polar surface area (TPSA) is 73.6 Å². The summed E-state index contributed by atoms with van der Waals surface area (Å²) in [6.07, 6.45) is 0.848. The van der Waals surface area contributed by atoms with Crippen molar-refractivity contribution in [2.24, 2.45) is 5.73 Å².